The predicted molar refractivity (Wildman–Crippen MR) is 130 cm³/mol. The smallest absolute Gasteiger partial charge is 0.165 e. The molecule has 2 spiro atoms. The summed E-state index contributed by atoms with van der Waals surface area (Å²) in [5.41, 5.74) is 0.151. The Morgan fingerprint density at radius 3 is 2.59 bits per heavy atom. The van der Waals surface area contributed by atoms with E-state index in [9.17, 15) is 10.2 Å². The minimum atomic E-state index is -1.06. The van der Waals surface area contributed by atoms with Crippen LogP contribution in [0.5, 0.6) is 11.5 Å². The summed E-state index contributed by atoms with van der Waals surface area (Å²) in [6.45, 7) is 10.6. The fraction of sp³-hybridized carbons (Fsp3) is 0.793. The van der Waals surface area contributed by atoms with E-state index in [1.807, 2.05) is 6.92 Å². The Labute approximate surface area is 203 Å². The van der Waals surface area contributed by atoms with E-state index in [0.717, 1.165) is 49.6 Å². The third-order valence-corrected chi connectivity index (χ3v) is 11.7. The number of benzene rings is 1. The highest BCUT2D eigenvalue weighted by molar-refractivity contribution is 5.63. The lowest BCUT2D eigenvalue weighted by atomic mass is 9.33. The number of nitrogens with zero attached hydrogens (tertiary/aromatic N) is 1. The zero-order valence-electron chi connectivity index (χ0n) is 21.5. The molecule has 0 radical (unpaired) electrons. The molecule has 5 nitrogen and oxygen atoms in total. The number of likely N-dealkylation sites (tertiary alicyclic amines) is 1. The van der Waals surface area contributed by atoms with E-state index in [0.29, 0.717) is 12.5 Å². The predicted octanol–water partition coefficient (Wildman–Crippen LogP) is 4.06. The quantitative estimate of drug-likeness (QED) is 0.699. The summed E-state index contributed by atoms with van der Waals surface area (Å²) in [7, 11) is 1.72. The van der Waals surface area contributed by atoms with Gasteiger partial charge < -0.3 is 19.7 Å². The molecule has 0 amide bonds. The van der Waals surface area contributed by atoms with Gasteiger partial charge in [-0.25, -0.2) is 0 Å². The Morgan fingerprint density at radius 1 is 1.15 bits per heavy atom. The van der Waals surface area contributed by atoms with Crippen LogP contribution in [0.25, 0.3) is 0 Å². The van der Waals surface area contributed by atoms with E-state index < -0.39 is 11.2 Å². The van der Waals surface area contributed by atoms with Gasteiger partial charge in [0.15, 0.2) is 11.5 Å². The van der Waals surface area contributed by atoms with Crippen molar-refractivity contribution in [2.45, 2.75) is 101 Å². The summed E-state index contributed by atoms with van der Waals surface area (Å²) in [6.07, 6.45) is 7.07. The van der Waals surface area contributed by atoms with Gasteiger partial charge in [0, 0.05) is 34.9 Å². The van der Waals surface area contributed by atoms with Crippen LogP contribution in [0.3, 0.4) is 0 Å². The third-order valence-electron chi connectivity index (χ3n) is 11.7. The highest BCUT2D eigenvalue weighted by Gasteiger charge is 2.81. The van der Waals surface area contributed by atoms with Crippen molar-refractivity contribution in [1.29, 1.82) is 0 Å². The highest BCUT2D eigenvalue weighted by Crippen LogP contribution is 2.77. The molecule has 186 valence electrons. The molecular weight excluding hydrogens is 426 g/mol. The van der Waals surface area contributed by atoms with Crippen molar-refractivity contribution in [1.82, 2.24) is 4.90 Å². The summed E-state index contributed by atoms with van der Waals surface area (Å²) >= 11 is 0. The highest BCUT2D eigenvalue weighted by atomic mass is 16.5. The van der Waals surface area contributed by atoms with E-state index in [1.165, 1.54) is 30.5 Å². The molecular formula is C29H41NO4. The minimum absolute atomic E-state index is 0.0137. The molecule has 2 aliphatic heterocycles. The van der Waals surface area contributed by atoms with Gasteiger partial charge in [0.25, 0.3) is 0 Å². The van der Waals surface area contributed by atoms with Crippen LogP contribution in [0.4, 0.5) is 0 Å². The van der Waals surface area contributed by atoms with Crippen molar-refractivity contribution < 1.29 is 19.7 Å². The summed E-state index contributed by atoms with van der Waals surface area (Å²) in [5, 5.41) is 24.7. The van der Waals surface area contributed by atoms with E-state index >= 15 is 0 Å². The van der Waals surface area contributed by atoms with Crippen molar-refractivity contribution in [2.24, 2.45) is 22.7 Å². The number of methoxy groups -OCH3 is 1. The maximum absolute atomic E-state index is 12.6. The lowest BCUT2D eigenvalue weighted by Gasteiger charge is -2.75. The first kappa shape index (κ1) is 21.9. The van der Waals surface area contributed by atoms with Crippen LogP contribution < -0.4 is 9.47 Å². The number of hydrogen-bond donors (Lipinski definition) is 2. The van der Waals surface area contributed by atoms with Crippen molar-refractivity contribution in [2.75, 3.05) is 20.2 Å². The second-order valence-electron chi connectivity index (χ2n) is 13.8. The van der Waals surface area contributed by atoms with E-state index in [2.05, 4.69) is 37.8 Å². The maximum atomic E-state index is 12.6. The van der Waals surface area contributed by atoms with E-state index in [1.54, 1.807) is 7.11 Å². The Morgan fingerprint density at radius 2 is 1.91 bits per heavy atom. The molecule has 5 heteroatoms. The molecule has 8 rings (SSSR count). The summed E-state index contributed by atoms with van der Waals surface area (Å²) in [6, 6.07) is 4.78. The average molecular weight is 468 g/mol. The normalized spacial score (nSPS) is 43.8. The number of hydrogen-bond acceptors (Lipinski definition) is 5. The lowest BCUT2D eigenvalue weighted by molar-refractivity contribution is -0.305. The fourth-order valence-electron chi connectivity index (χ4n) is 9.41. The van der Waals surface area contributed by atoms with Gasteiger partial charge in [-0.2, -0.15) is 0 Å². The Bertz CT molecular complexity index is 1060. The van der Waals surface area contributed by atoms with Crippen molar-refractivity contribution in [3.63, 3.8) is 0 Å². The molecule has 2 unspecified atom stereocenters. The molecule has 1 aromatic rings. The van der Waals surface area contributed by atoms with Crippen LogP contribution in [-0.2, 0) is 11.8 Å². The number of ether oxygens (including phenoxy) is 2. The molecule has 4 bridgehead atoms. The Hall–Kier alpha value is -1.30. The van der Waals surface area contributed by atoms with Gasteiger partial charge in [-0.3, -0.25) is 4.90 Å². The average Bonchev–Trinajstić information content (AvgIpc) is 3.52. The van der Waals surface area contributed by atoms with E-state index in [-0.39, 0.29) is 28.3 Å². The topological polar surface area (TPSA) is 62.2 Å². The second-order valence-corrected chi connectivity index (χ2v) is 13.8. The summed E-state index contributed by atoms with van der Waals surface area (Å²) in [5.74, 6) is 2.29. The van der Waals surface area contributed by atoms with Crippen LogP contribution in [0.1, 0.15) is 77.3 Å². The number of rotatable bonds is 4. The van der Waals surface area contributed by atoms with Gasteiger partial charge in [-0.15, -0.1) is 0 Å². The van der Waals surface area contributed by atoms with E-state index in [4.69, 9.17) is 9.47 Å². The molecule has 5 aliphatic carbocycles. The van der Waals surface area contributed by atoms with Crippen LogP contribution in [0.2, 0.25) is 0 Å². The number of piperidine rings is 1. The Balaban J connectivity index is 1.46. The van der Waals surface area contributed by atoms with Crippen LogP contribution in [0.15, 0.2) is 12.1 Å². The molecule has 2 N–H and O–H groups in total. The first-order valence-corrected chi connectivity index (χ1v) is 13.6. The summed E-state index contributed by atoms with van der Waals surface area (Å²) < 4.78 is 12.7. The van der Waals surface area contributed by atoms with Gasteiger partial charge in [0.1, 0.15) is 11.7 Å². The zero-order valence-corrected chi connectivity index (χ0v) is 21.5. The standard InChI is InChI=1S/C29H41NO4/c1-25(2,3)26(4,31)20-15-27-10-11-29(20,32)24-28(27)12-13-30(16-17-6-7-17)21(27)14-18-8-9-19(33-5)23(34-24)22(18)28/h8-9,17,20-21,24,31-32H,6-7,10-16H2,1-5H3/t20-,21?,24+,26+,27?,28+,29+/m1/s1. The van der Waals surface area contributed by atoms with Crippen LogP contribution in [0, 0.1) is 22.7 Å². The lowest BCUT2D eigenvalue weighted by Crippen LogP contribution is -2.82. The van der Waals surface area contributed by atoms with Crippen LogP contribution >= 0.6 is 0 Å². The molecule has 5 fully saturated rings. The SMILES string of the molecule is COc1ccc2c3c1O[C@@H]1[C@]4(O)CCC5(C[C@@H]4[C@](C)(O)C(C)(C)C)C(C2)N(CC2CC2)CC[C@]315. The largest absolute Gasteiger partial charge is 0.493 e. The fourth-order valence-corrected chi connectivity index (χ4v) is 9.41. The van der Waals surface area contributed by atoms with Gasteiger partial charge in [0.2, 0.25) is 0 Å². The molecule has 2 heterocycles. The van der Waals surface area contributed by atoms with Crippen molar-refractivity contribution in [3.8, 4) is 11.5 Å². The molecule has 4 saturated carbocycles. The Kier molecular flexibility index (Phi) is 4.08. The first-order chi connectivity index (χ1) is 16.0. The third kappa shape index (κ3) is 2.29. The van der Waals surface area contributed by atoms with Crippen LogP contribution in [-0.4, -0.2) is 58.7 Å². The maximum Gasteiger partial charge on any atom is 0.165 e. The summed E-state index contributed by atoms with van der Waals surface area (Å²) in [4.78, 5) is 2.81. The molecule has 0 aromatic heterocycles. The van der Waals surface area contributed by atoms with Gasteiger partial charge in [-0.05, 0) is 81.4 Å². The van der Waals surface area contributed by atoms with Gasteiger partial charge in [-0.1, -0.05) is 26.8 Å². The monoisotopic (exact) mass is 467 g/mol. The molecule has 1 saturated heterocycles. The number of fused-ring (bicyclic) bond motifs is 2. The zero-order chi connectivity index (χ0) is 23.9. The number of aliphatic hydroxyl groups is 2. The van der Waals surface area contributed by atoms with Crippen molar-refractivity contribution >= 4 is 0 Å². The second kappa shape index (κ2) is 6.33. The van der Waals surface area contributed by atoms with Gasteiger partial charge in [0.05, 0.1) is 12.7 Å². The first-order valence-electron chi connectivity index (χ1n) is 13.6. The molecule has 7 aliphatic rings. The molecule has 1 aromatic carbocycles. The van der Waals surface area contributed by atoms with Crippen molar-refractivity contribution in [3.05, 3.63) is 23.3 Å². The van der Waals surface area contributed by atoms with Gasteiger partial charge >= 0.3 is 0 Å². The molecule has 34 heavy (non-hydrogen) atoms. The minimum Gasteiger partial charge on any atom is -0.493 e. The molecule has 7 atom stereocenters.